The highest BCUT2D eigenvalue weighted by atomic mass is 32.2. The van der Waals surface area contributed by atoms with E-state index in [9.17, 15) is 0 Å². The van der Waals surface area contributed by atoms with Crippen LogP contribution in [0.25, 0.3) is 0 Å². The van der Waals surface area contributed by atoms with Gasteiger partial charge in [0.1, 0.15) is 0 Å². The molecule has 0 saturated heterocycles. The van der Waals surface area contributed by atoms with E-state index >= 15 is 0 Å². The average molecular weight is 131 g/mol. The highest BCUT2D eigenvalue weighted by molar-refractivity contribution is 7.99. The Kier molecular flexibility index (Phi) is 3.54. The van der Waals surface area contributed by atoms with Crippen LogP contribution in [-0.2, 0) is 0 Å². The zero-order valence-corrected chi connectivity index (χ0v) is 6.85. The highest BCUT2D eigenvalue weighted by Crippen LogP contribution is 2.19. The second kappa shape index (κ2) is 3.39. The SMILES string of the molecule is [CH2]CSCC(C)(C)C. The van der Waals surface area contributed by atoms with E-state index in [-0.39, 0.29) is 0 Å². The minimum atomic E-state index is 0.475. The molecule has 0 aromatic heterocycles. The van der Waals surface area contributed by atoms with Crippen LogP contribution in [0.2, 0.25) is 0 Å². The Morgan fingerprint density at radius 3 is 2.00 bits per heavy atom. The first-order valence-electron chi connectivity index (χ1n) is 2.93. The molecule has 1 radical (unpaired) electrons. The average Bonchev–Trinajstić information content (AvgIpc) is 1.59. The van der Waals surface area contributed by atoms with E-state index in [0.717, 1.165) is 5.75 Å². The van der Waals surface area contributed by atoms with Crippen molar-refractivity contribution in [1.82, 2.24) is 0 Å². The molecule has 8 heavy (non-hydrogen) atoms. The Labute approximate surface area is 57.1 Å². The molecule has 0 aromatic rings. The van der Waals surface area contributed by atoms with E-state index in [2.05, 4.69) is 27.7 Å². The zero-order valence-electron chi connectivity index (χ0n) is 6.03. The second-order valence-electron chi connectivity index (χ2n) is 3.11. The lowest BCUT2D eigenvalue weighted by atomic mass is 10.0. The molecule has 0 rings (SSSR count). The van der Waals surface area contributed by atoms with Crippen LogP contribution in [0.4, 0.5) is 0 Å². The molecule has 0 aromatic carbocycles. The molecular weight excluding hydrogens is 116 g/mol. The Hall–Kier alpha value is 0.350. The fraction of sp³-hybridized carbons (Fsp3) is 0.857. The van der Waals surface area contributed by atoms with Gasteiger partial charge in [-0.05, 0) is 23.8 Å². The number of thioether (sulfide) groups is 1. The molecular formula is C7H15S. The fourth-order valence-electron chi connectivity index (χ4n) is 0.378. The van der Waals surface area contributed by atoms with Gasteiger partial charge in [0, 0.05) is 0 Å². The summed E-state index contributed by atoms with van der Waals surface area (Å²) in [5, 5.41) is 0. The van der Waals surface area contributed by atoms with E-state index in [4.69, 9.17) is 0 Å². The van der Waals surface area contributed by atoms with Crippen molar-refractivity contribution in [3.05, 3.63) is 6.92 Å². The van der Waals surface area contributed by atoms with Crippen LogP contribution in [0.1, 0.15) is 20.8 Å². The smallest absolute Gasteiger partial charge is 0.00187 e. The first-order valence-corrected chi connectivity index (χ1v) is 4.09. The molecule has 0 aliphatic rings. The Morgan fingerprint density at radius 2 is 1.88 bits per heavy atom. The molecule has 49 valence electrons. The topological polar surface area (TPSA) is 0 Å². The molecule has 0 unspecified atom stereocenters. The quantitative estimate of drug-likeness (QED) is 0.555. The van der Waals surface area contributed by atoms with Crippen molar-refractivity contribution >= 4 is 11.8 Å². The first-order chi connectivity index (χ1) is 3.56. The summed E-state index contributed by atoms with van der Waals surface area (Å²) in [4.78, 5) is 0. The van der Waals surface area contributed by atoms with E-state index in [1.54, 1.807) is 0 Å². The van der Waals surface area contributed by atoms with Gasteiger partial charge in [-0.3, -0.25) is 0 Å². The molecule has 0 N–H and O–H groups in total. The Bertz CT molecular complexity index is 51.9. The van der Waals surface area contributed by atoms with Crippen molar-refractivity contribution in [2.75, 3.05) is 11.5 Å². The molecule has 0 heterocycles. The van der Waals surface area contributed by atoms with Gasteiger partial charge >= 0.3 is 0 Å². The summed E-state index contributed by atoms with van der Waals surface area (Å²) in [7, 11) is 0. The normalized spacial score (nSPS) is 12.0. The van der Waals surface area contributed by atoms with Crippen molar-refractivity contribution in [2.45, 2.75) is 20.8 Å². The highest BCUT2D eigenvalue weighted by Gasteiger charge is 2.07. The van der Waals surface area contributed by atoms with Gasteiger partial charge in [-0.25, -0.2) is 0 Å². The predicted molar refractivity (Wildman–Crippen MR) is 42.1 cm³/mol. The first kappa shape index (κ1) is 8.35. The van der Waals surface area contributed by atoms with Crippen LogP contribution in [-0.4, -0.2) is 11.5 Å². The molecule has 0 saturated carbocycles. The largest absolute Gasteiger partial charge is 0.161 e. The Balaban J connectivity index is 3.11. The minimum Gasteiger partial charge on any atom is -0.161 e. The molecule has 0 bridgehead atoms. The van der Waals surface area contributed by atoms with Gasteiger partial charge in [0.25, 0.3) is 0 Å². The molecule has 0 fully saturated rings. The molecule has 1 heteroatoms. The third-order valence-electron chi connectivity index (χ3n) is 0.679. The summed E-state index contributed by atoms with van der Waals surface area (Å²) >= 11 is 1.90. The lowest BCUT2D eigenvalue weighted by Crippen LogP contribution is -2.08. The van der Waals surface area contributed by atoms with E-state index in [1.807, 2.05) is 11.8 Å². The molecule has 0 aliphatic heterocycles. The molecule has 0 atom stereocenters. The predicted octanol–water partition coefficient (Wildman–Crippen LogP) is 2.60. The van der Waals surface area contributed by atoms with Gasteiger partial charge in [0.2, 0.25) is 0 Å². The van der Waals surface area contributed by atoms with Crippen LogP contribution in [0.15, 0.2) is 0 Å². The van der Waals surface area contributed by atoms with Crippen molar-refractivity contribution in [1.29, 1.82) is 0 Å². The Morgan fingerprint density at radius 1 is 1.38 bits per heavy atom. The maximum atomic E-state index is 3.75. The zero-order chi connectivity index (χ0) is 6.62. The van der Waals surface area contributed by atoms with Gasteiger partial charge in [-0.1, -0.05) is 20.8 Å². The van der Waals surface area contributed by atoms with E-state index in [0.29, 0.717) is 5.41 Å². The summed E-state index contributed by atoms with van der Waals surface area (Å²) in [6.07, 6.45) is 0. The van der Waals surface area contributed by atoms with E-state index < -0.39 is 0 Å². The molecule has 0 amide bonds. The van der Waals surface area contributed by atoms with E-state index in [1.165, 1.54) is 5.75 Å². The summed E-state index contributed by atoms with van der Waals surface area (Å²) in [6, 6.07) is 0. The lowest BCUT2D eigenvalue weighted by Gasteiger charge is -2.15. The van der Waals surface area contributed by atoms with Gasteiger partial charge in [0.05, 0.1) is 0 Å². The molecule has 0 nitrogen and oxygen atoms in total. The summed E-state index contributed by atoms with van der Waals surface area (Å²) in [5.74, 6) is 2.22. The van der Waals surface area contributed by atoms with Crippen LogP contribution in [0.3, 0.4) is 0 Å². The van der Waals surface area contributed by atoms with Crippen LogP contribution >= 0.6 is 11.8 Å². The molecule has 0 aliphatic carbocycles. The number of hydrogen-bond donors (Lipinski definition) is 0. The minimum absolute atomic E-state index is 0.475. The van der Waals surface area contributed by atoms with Gasteiger partial charge in [-0.2, -0.15) is 11.8 Å². The molecule has 0 spiro atoms. The number of rotatable bonds is 2. The van der Waals surface area contributed by atoms with Crippen LogP contribution < -0.4 is 0 Å². The third-order valence-corrected chi connectivity index (χ3v) is 2.04. The van der Waals surface area contributed by atoms with Crippen LogP contribution in [0.5, 0.6) is 0 Å². The van der Waals surface area contributed by atoms with Gasteiger partial charge in [0.15, 0.2) is 0 Å². The lowest BCUT2D eigenvalue weighted by molar-refractivity contribution is 0.481. The van der Waals surface area contributed by atoms with Crippen LogP contribution in [0, 0.1) is 12.3 Å². The summed E-state index contributed by atoms with van der Waals surface area (Å²) < 4.78 is 0. The third kappa shape index (κ3) is 6.35. The monoisotopic (exact) mass is 131 g/mol. The maximum absolute atomic E-state index is 3.75. The number of hydrogen-bond acceptors (Lipinski definition) is 1. The van der Waals surface area contributed by atoms with Crippen molar-refractivity contribution < 1.29 is 0 Å². The summed E-state index contributed by atoms with van der Waals surface area (Å²) in [5.41, 5.74) is 0.475. The standard InChI is InChI=1S/C7H15S/c1-5-8-6-7(2,3)4/h1,5-6H2,2-4H3. The fourth-order valence-corrected chi connectivity index (χ4v) is 1.14. The van der Waals surface area contributed by atoms with Crippen molar-refractivity contribution in [3.8, 4) is 0 Å². The second-order valence-corrected chi connectivity index (χ2v) is 4.22. The van der Waals surface area contributed by atoms with Gasteiger partial charge < -0.3 is 0 Å². The summed E-state index contributed by atoms with van der Waals surface area (Å²) in [6.45, 7) is 10.5. The van der Waals surface area contributed by atoms with Crippen molar-refractivity contribution in [2.24, 2.45) is 5.41 Å². The van der Waals surface area contributed by atoms with Gasteiger partial charge in [-0.15, -0.1) is 0 Å². The maximum Gasteiger partial charge on any atom is -0.00187 e. The van der Waals surface area contributed by atoms with Crippen molar-refractivity contribution in [3.63, 3.8) is 0 Å².